The van der Waals surface area contributed by atoms with Gasteiger partial charge in [-0.15, -0.1) is 0 Å². The van der Waals surface area contributed by atoms with Crippen LogP contribution in [0.5, 0.6) is 0 Å². The van der Waals surface area contributed by atoms with Crippen LogP contribution in [0.3, 0.4) is 0 Å². The Morgan fingerprint density at radius 1 is 1.30 bits per heavy atom. The van der Waals surface area contributed by atoms with E-state index in [2.05, 4.69) is 18.6 Å². The van der Waals surface area contributed by atoms with Crippen molar-refractivity contribution in [2.75, 3.05) is 13.6 Å². The highest BCUT2D eigenvalue weighted by Gasteiger charge is 2.18. The number of sulfonamides is 1. The van der Waals surface area contributed by atoms with E-state index in [1.54, 1.807) is 24.1 Å². The zero-order valence-corrected chi connectivity index (χ0v) is 15.6. The highest BCUT2D eigenvalue weighted by molar-refractivity contribution is 7.89. The van der Waals surface area contributed by atoms with Crippen molar-refractivity contribution >= 4 is 27.5 Å². The summed E-state index contributed by atoms with van der Waals surface area (Å²) in [5.41, 5.74) is 0. The first kappa shape index (κ1) is 19.9. The second kappa shape index (κ2) is 8.66. The van der Waals surface area contributed by atoms with E-state index in [0.717, 1.165) is 6.42 Å². The third kappa shape index (κ3) is 6.49. The van der Waals surface area contributed by atoms with Crippen molar-refractivity contribution in [3.63, 3.8) is 0 Å². The third-order valence-electron chi connectivity index (χ3n) is 3.60. The highest BCUT2D eigenvalue weighted by Crippen LogP contribution is 2.15. The maximum atomic E-state index is 12.1. The van der Waals surface area contributed by atoms with E-state index in [4.69, 9.17) is 11.6 Å². The number of nitrogens with one attached hydrogen (secondary N) is 1. The number of halogens is 1. The predicted octanol–water partition coefficient (Wildman–Crippen LogP) is 2.90. The van der Waals surface area contributed by atoms with Crippen molar-refractivity contribution in [2.24, 2.45) is 5.92 Å². The van der Waals surface area contributed by atoms with Gasteiger partial charge >= 0.3 is 0 Å². The van der Waals surface area contributed by atoms with Crippen LogP contribution in [0.25, 0.3) is 0 Å². The number of carbonyl (C=O) groups excluding carboxylic acids is 1. The standard InChI is InChI=1S/C16H25ClN2O3S/c1-12(2)10-13(3)19(4)16(20)8-9-18-23(21,22)15-7-5-6-14(17)11-15/h5-7,11-13,18H,8-10H2,1-4H3. The first-order chi connectivity index (χ1) is 10.6. The van der Waals surface area contributed by atoms with Crippen molar-refractivity contribution < 1.29 is 13.2 Å². The number of rotatable bonds is 8. The third-order valence-corrected chi connectivity index (χ3v) is 5.30. The Balaban J connectivity index is 2.54. The molecule has 0 aliphatic rings. The fourth-order valence-corrected chi connectivity index (χ4v) is 3.60. The molecule has 0 aliphatic heterocycles. The number of nitrogens with zero attached hydrogens (tertiary/aromatic N) is 1. The molecule has 1 aromatic carbocycles. The topological polar surface area (TPSA) is 66.5 Å². The van der Waals surface area contributed by atoms with Crippen molar-refractivity contribution in [1.29, 1.82) is 0 Å². The van der Waals surface area contributed by atoms with Crippen LogP contribution in [0.15, 0.2) is 29.2 Å². The van der Waals surface area contributed by atoms with Crippen molar-refractivity contribution in [1.82, 2.24) is 9.62 Å². The molecule has 0 fully saturated rings. The molecule has 1 N–H and O–H groups in total. The van der Waals surface area contributed by atoms with Gasteiger partial charge in [0, 0.05) is 31.1 Å². The summed E-state index contributed by atoms with van der Waals surface area (Å²) in [6.07, 6.45) is 1.04. The molecule has 0 aliphatic carbocycles. The van der Waals surface area contributed by atoms with Crippen LogP contribution in [0, 0.1) is 5.92 Å². The van der Waals surface area contributed by atoms with Gasteiger partial charge in [-0.1, -0.05) is 31.5 Å². The lowest BCUT2D eigenvalue weighted by Gasteiger charge is -2.26. The molecule has 0 spiro atoms. The molecule has 0 saturated carbocycles. The summed E-state index contributed by atoms with van der Waals surface area (Å²) in [5, 5.41) is 0.353. The average molecular weight is 361 g/mol. The van der Waals surface area contributed by atoms with Gasteiger partial charge in [-0.05, 0) is 37.5 Å². The number of carbonyl (C=O) groups is 1. The minimum Gasteiger partial charge on any atom is -0.343 e. The van der Waals surface area contributed by atoms with Crippen LogP contribution in [0.1, 0.15) is 33.6 Å². The Morgan fingerprint density at radius 2 is 1.96 bits per heavy atom. The average Bonchev–Trinajstić information content (AvgIpc) is 2.45. The Labute approximate surface area is 144 Å². The predicted molar refractivity (Wildman–Crippen MR) is 92.9 cm³/mol. The number of hydrogen-bond acceptors (Lipinski definition) is 3. The summed E-state index contributed by atoms with van der Waals surface area (Å²) >= 11 is 5.80. The molecule has 23 heavy (non-hydrogen) atoms. The fraction of sp³-hybridized carbons (Fsp3) is 0.562. The normalized spacial score (nSPS) is 13.1. The van der Waals surface area contributed by atoms with Gasteiger partial charge in [-0.25, -0.2) is 13.1 Å². The maximum Gasteiger partial charge on any atom is 0.240 e. The van der Waals surface area contributed by atoms with Gasteiger partial charge in [-0.3, -0.25) is 4.79 Å². The zero-order valence-electron chi connectivity index (χ0n) is 14.0. The van der Waals surface area contributed by atoms with Crippen molar-refractivity contribution in [3.8, 4) is 0 Å². The zero-order chi connectivity index (χ0) is 17.6. The van der Waals surface area contributed by atoms with E-state index in [1.165, 1.54) is 12.1 Å². The van der Waals surface area contributed by atoms with E-state index in [-0.39, 0.29) is 29.8 Å². The molecule has 0 radical (unpaired) electrons. The van der Waals surface area contributed by atoms with Gasteiger partial charge in [-0.2, -0.15) is 0 Å². The summed E-state index contributed by atoms with van der Waals surface area (Å²) in [4.78, 5) is 13.9. The van der Waals surface area contributed by atoms with E-state index in [9.17, 15) is 13.2 Å². The maximum absolute atomic E-state index is 12.1. The van der Waals surface area contributed by atoms with Crippen molar-refractivity contribution in [3.05, 3.63) is 29.3 Å². The van der Waals surface area contributed by atoms with Crippen LogP contribution >= 0.6 is 11.6 Å². The molecule has 0 heterocycles. The van der Waals surface area contributed by atoms with Crippen LogP contribution in [-0.2, 0) is 14.8 Å². The summed E-state index contributed by atoms with van der Waals surface area (Å²) in [7, 11) is -1.90. The van der Waals surface area contributed by atoms with E-state index < -0.39 is 10.0 Å². The minimum atomic E-state index is -3.65. The second-order valence-electron chi connectivity index (χ2n) is 6.09. The molecule has 1 rings (SSSR count). The Bertz CT molecular complexity index is 632. The fourth-order valence-electron chi connectivity index (χ4n) is 2.27. The molecule has 130 valence electrons. The second-order valence-corrected chi connectivity index (χ2v) is 8.29. The summed E-state index contributed by atoms with van der Waals surface area (Å²) in [5.74, 6) is 0.425. The van der Waals surface area contributed by atoms with Gasteiger partial charge in [0.05, 0.1) is 4.90 Å². The summed E-state index contributed by atoms with van der Waals surface area (Å²) in [6, 6.07) is 6.15. The van der Waals surface area contributed by atoms with Gasteiger partial charge in [0.15, 0.2) is 0 Å². The lowest BCUT2D eigenvalue weighted by atomic mass is 10.0. The Hall–Kier alpha value is -1.11. The van der Waals surface area contributed by atoms with E-state index >= 15 is 0 Å². The van der Waals surface area contributed by atoms with Crippen LogP contribution < -0.4 is 4.72 Å². The molecule has 1 amide bonds. The molecular formula is C16H25ClN2O3S. The molecule has 1 atom stereocenters. The van der Waals surface area contributed by atoms with Crippen molar-refractivity contribution in [2.45, 2.75) is 44.6 Å². The molecular weight excluding hydrogens is 336 g/mol. The lowest BCUT2D eigenvalue weighted by Crippen LogP contribution is -2.38. The SMILES string of the molecule is CC(C)CC(C)N(C)C(=O)CCNS(=O)(=O)c1cccc(Cl)c1. The first-order valence-electron chi connectivity index (χ1n) is 7.64. The quantitative estimate of drug-likeness (QED) is 0.775. The highest BCUT2D eigenvalue weighted by atomic mass is 35.5. The van der Waals surface area contributed by atoms with Crippen LogP contribution in [0.2, 0.25) is 5.02 Å². The number of benzene rings is 1. The Morgan fingerprint density at radius 3 is 2.52 bits per heavy atom. The Kier molecular flexibility index (Phi) is 7.51. The number of amides is 1. The lowest BCUT2D eigenvalue weighted by molar-refractivity contribution is -0.131. The molecule has 0 aromatic heterocycles. The van der Waals surface area contributed by atoms with Gasteiger partial charge in [0.25, 0.3) is 0 Å². The van der Waals surface area contributed by atoms with E-state index in [1.807, 2.05) is 6.92 Å². The minimum absolute atomic E-state index is 0.0619. The molecule has 1 aromatic rings. The number of hydrogen-bond donors (Lipinski definition) is 1. The molecule has 7 heteroatoms. The monoisotopic (exact) mass is 360 g/mol. The van der Waals surface area contributed by atoms with E-state index in [0.29, 0.717) is 10.9 Å². The van der Waals surface area contributed by atoms with Gasteiger partial charge < -0.3 is 4.90 Å². The largest absolute Gasteiger partial charge is 0.343 e. The molecule has 0 bridgehead atoms. The molecule has 1 unspecified atom stereocenters. The van der Waals surface area contributed by atoms with Gasteiger partial charge in [0.2, 0.25) is 15.9 Å². The smallest absolute Gasteiger partial charge is 0.240 e. The molecule has 0 saturated heterocycles. The van der Waals surface area contributed by atoms with Crippen LogP contribution in [-0.4, -0.2) is 38.9 Å². The van der Waals surface area contributed by atoms with Gasteiger partial charge in [0.1, 0.15) is 0 Å². The molecule has 5 nitrogen and oxygen atoms in total. The van der Waals surface area contributed by atoms with Crippen LogP contribution in [0.4, 0.5) is 0 Å². The first-order valence-corrected chi connectivity index (χ1v) is 9.50. The summed E-state index contributed by atoms with van der Waals surface area (Å²) < 4.78 is 26.7. The summed E-state index contributed by atoms with van der Waals surface area (Å²) in [6.45, 7) is 6.27.